The van der Waals surface area contributed by atoms with Crippen LogP contribution >= 0.6 is 0 Å². The Hall–Kier alpha value is -0.0900. The van der Waals surface area contributed by atoms with E-state index in [9.17, 15) is 8.42 Å². The van der Waals surface area contributed by atoms with Gasteiger partial charge >= 0.3 is 0 Å². The van der Waals surface area contributed by atoms with E-state index < -0.39 is 9.84 Å². The van der Waals surface area contributed by atoms with E-state index in [0.717, 1.165) is 13.0 Å². The molecule has 2 saturated heterocycles. The lowest BCUT2D eigenvalue weighted by molar-refractivity contribution is 0.163. The number of hydrogen-bond donors (Lipinski definition) is 0. The van der Waals surface area contributed by atoms with E-state index in [-0.39, 0.29) is 5.41 Å². The SMILES string of the molecule is O=S1(=O)CC2(CCOC2)C1. The van der Waals surface area contributed by atoms with Crippen LogP contribution in [0.25, 0.3) is 0 Å². The molecule has 2 rings (SSSR count). The van der Waals surface area contributed by atoms with Crippen molar-refractivity contribution in [1.82, 2.24) is 0 Å². The first-order chi connectivity index (χ1) is 4.62. The van der Waals surface area contributed by atoms with E-state index >= 15 is 0 Å². The largest absolute Gasteiger partial charge is 0.381 e. The highest BCUT2D eigenvalue weighted by Gasteiger charge is 2.50. The Labute approximate surface area is 60.3 Å². The quantitative estimate of drug-likeness (QED) is 0.496. The van der Waals surface area contributed by atoms with Crippen LogP contribution in [0.2, 0.25) is 0 Å². The predicted molar refractivity (Wildman–Crippen MR) is 36.5 cm³/mol. The second-order valence-electron chi connectivity index (χ2n) is 3.33. The van der Waals surface area contributed by atoms with Gasteiger partial charge in [0.2, 0.25) is 0 Å². The Balaban J connectivity index is 2.12. The normalized spacial score (nSPS) is 34.0. The molecule has 2 aliphatic rings. The van der Waals surface area contributed by atoms with Gasteiger partial charge in [-0.15, -0.1) is 0 Å². The molecular weight excluding hydrogens is 152 g/mol. The molecule has 0 aliphatic carbocycles. The highest BCUT2D eigenvalue weighted by Crippen LogP contribution is 2.39. The standard InChI is InChI=1S/C6H10O3S/c7-10(8)4-6(5-10)1-2-9-3-6/h1-5H2. The fourth-order valence-corrected chi connectivity index (χ4v) is 4.00. The van der Waals surface area contributed by atoms with Gasteiger partial charge in [0.15, 0.2) is 9.84 Å². The lowest BCUT2D eigenvalue weighted by atomic mass is 9.92. The molecular formula is C6H10O3S. The van der Waals surface area contributed by atoms with Crippen molar-refractivity contribution in [3.8, 4) is 0 Å². The maximum absolute atomic E-state index is 10.8. The lowest BCUT2D eigenvalue weighted by Crippen LogP contribution is -2.48. The molecule has 0 bridgehead atoms. The van der Waals surface area contributed by atoms with E-state index in [0.29, 0.717) is 18.1 Å². The molecule has 0 aromatic rings. The van der Waals surface area contributed by atoms with Crippen LogP contribution in [0, 0.1) is 5.41 Å². The first kappa shape index (κ1) is 6.61. The third kappa shape index (κ3) is 0.864. The zero-order valence-corrected chi connectivity index (χ0v) is 6.49. The molecule has 0 saturated carbocycles. The van der Waals surface area contributed by atoms with Gasteiger partial charge in [-0.2, -0.15) is 0 Å². The van der Waals surface area contributed by atoms with E-state index in [2.05, 4.69) is 0 Å². The van der Waals surface area contributed by atoms with E-state index in [4.69, 9.17) is 4.74 Å². The van der Waals surface area contributed by atoms with Crippen molar-refractivity contribution in [1.29, 1.82) is 0 Å². The third-order valence-electron chi connectivity index (χ3n) is 2.24. The maximum atomic E-state index is 10.8. The van der Waals surface area contributed by atoms with Crippen molar-refractivity contribution in [2.75, 3.05) is 24.7 Å². The van der Waals surface area contributed by atoms with E-state index in [1.165, 1.54) is 0 Å². The molecule has 0 aromatic heterocycles. The van der Waals surface area contributed by atoms with Crippen LogP contribution in [-0.2, 0) is 14.6 Å². The number of rotatable bonds is 0. The summed E-state index contributed by atoms with van der Waals surface area (Å²) in [6, 6.07) is 0. The van der Waals surface area contributed by atoms with Gasteiger partial charge in [0, 0.05) is 12.0 Å². The Kier molecular flexibility index (Phi) is 1.15. The molecule has 0 radical (unpaired) electrons. The topological polar surface area (TPSA) is 43.4 Å². The van der Waals surface area contributed by atoms with Crippen LogP contribution in [0.3, 0.4) is 0 Å². The number of hydrogen-bond acceptors (Lipinski definition) is 3. The van der Waals surface area contributed by atoms with Crippen LogP contribution < -0.4 is 0 Å². The fraction of sp³-hybridized carbons (Fsp3) is 1.00. The molecule has 2 fully saturated rings. The predicted octanol–water partition coefficient (Wildman–Crippen LogP) is -0.178. The summed E-state index contributed by atoms with van der Waals surface area (Å²) < 4.78 is 26.7. The van der Waals surface area contributed by atoms with Gasteiger partial charge in [0.25, 0.3) is 0 Å². The summed E-state index contributed by atoms with van der Waals surface area (Å²) in [7, 11) is -2.65. The first-order valence-corrected chi connectivity index (χ1v) is 5.22. The van der Waals surface area contributed by atoms with Crippen LogP contribution in [0.1, 0.15) is 6.42 Å². The molecule has 2 heterocycles. The van der Waals surface area contributed by atoms with Crippen molar-refractivity contribution in [3.05, 3.63) is 0 Å². The Morgan fingerprint density at radius 2 is 2.00 bits per heavy atom. The average molecular weight is 162 g/mol. The summed E-state index contributed by atoms with van der Waals surface area (Å²) in [5.41, 5.74) is 0.0405. The Morgan fingerprint density at radius 3 is 2.40 bits per heavy atom. The summed E-state index contributed by atoms with van der Waals surface area (Å²) in [5.74, 6) is 0.722. The van der Waals surface area contributed by atoms with Gasteiger partial charge in [0.05, 0.1) is 18.1 Å². The minimum absolute atomic E-state index is 0.0405. The molecule has 0 aromatic carbocycles. The second-order valence-corrected chi connectivity index (χ2v) is 5.40. The van der Waals surface area contributed by atoms with Gasteiger partial charge < -0.3 is 4.74 Å². The molecule has 0 atom stereocenters. The third-order valence-corrected chi connectivity index (χ3v) is 4.34. The fourth-order valence-electron chi connectivity index (χ4n) is 1.77. The minimum atomic E-state index is -2.65. The van der Waals surface area contributed by atoms with Crippen molar-refractivity contribution in [2.45, 2.75) is 6.42 Å². The number of sulfone groups is 1. The monoisotopic (exact) mass is 162 g/mol. The van der Waals surface area contributed by atoms with Gasteiger partial charge in [-0.1, -0.05) is 0 Å². The van der Waals surface area contributed by atoms with Crippen molar-refractivity contribution >= 4 is 9.84 Å². The van der Waals surface area contributed by atoms with Crippen molar-refractivity contribution in [3.63, 3.8) is 0 Å². The molecule has 0 amide bonds. The molecule has 3 nitrogen and oxygen atoms in total. The average Bonchev–Trinajstić information content (AvgIpc) is 2.10. The molecule has 58 valence electrons. The summed E-state index contributed by atoms with van der Waals surface area (Å²) >= 11 is 0. The molecule has 2 aliphatic heterocycles. The van der Waals surface area contributed by atoms with Crippen LogP contribution in [0.4, 0.5) is 0 Å². The summed E-state index contributed by atoms with van der Waals surface area (Å²) in [6.07, 6.45) is 0.937. The lowest BCUT2D eigenvalue weighted by Gasteiger charge is -2.35. The molecule has 0 N–H and O–H groups in total. The molecule has 1 spiro atoms. The highest BCUT2D eigenvalue weighted by molar-refractivity contribution is 7.92. The van der Waals surface area contributed by atoms with Gasteiger partial charge in [-0.05, 0) is 6.42 Å². The molecule has 0 unspecified atom stereocenters. The van der Waals surface area contributed by atoms with E-state index in [1.54, 1.807) is 0 Å². The molecule has 4 heteroatoms. The zero-order valence-electron chi connectivity index (χ0n) is 5.67. The van der Waals surface area contributed by atoms with Crippen molar-refractivity contribution in [2.24, 2.45) is 5.41 Å². The maximum Gasteiger partial charge on any atom is 0.151 e. The summed E-state index contributed by atoms with van der Waals surface area (Å²) in [6.45, 7) is 1.40. The second kappa shape index (κ2) is 1.74. The van der Waals surface area contributed by atoms with Crippen molar-refractivity contribution < 1.29 is 13.2 Å². The van der Waals surface area contributed by atoms with E-state index in [1.807, 2.05) is 0 Å². The zero-order chi connectivity index (χ0) is 7.24. The highest BCUT2D eigenvalue weighted by atomic mass is 32.2. The Morgan fingerprint density at radius 1 is 1.30 bits per heavy atom. The van der Waals surface area contributed by atoms with Gasteiger partial charge in [0.1, 0.15) is 0 Å². The number of ether oxygens (including phenoxy) is 1. The Bertz CT molecular complexity index is 222. The minimum Gasteiger partial charge on any atom is -0.381 e. The smallest absolute Gasteiger partial charge is 0.151 e. The van der Waals surface area contributed by atoms with Gasteiger partial charge in [-0.3, -0.25) is 0 Å². The molecule has 10 heavy (non-hydrogen) atoms. The first-order valence-electron chi connectivity index (χ1n) is 3.40. The van der Waals surface area contributed by atoms with Crippen LogP contribution in [0.5, 0.6) is 0 Å². The summed E-state index contributed by atoms with van der Waals surface area (Å²) in [4.78, 5) is 0. The van der Waals surface area contributed by atoms with Crippen LogP contribution in [-0.4, -0.2) is 33.1 Å². The summed E-state index contributed by atoms with van der Waals surface area (Å²) in [5, 5.41) is 0. The van der Waals surface area contributed by atoms with Crippen LogP contribution in [0.15, 0.2) is 0 Å². The van der Waals surface area contributed by atoms with Gasteiger partial charge in [-0.25, -0.2) is 8.42 Å².